The summed E-state index contributed by atoms with van der Waals surface area (Å²) >= 11 is 0. The maximum absolute atomic E-state index is 13.9. The van der Waals surface area contributed by atoms with Crippen LogP contribution in [0.1, 0.15) is 35.3 Å². The first-order chi connectivity index (χ1) is 18.7. The topological polar surface area (TPSA) is 59.7 Å². The lowest BCUT2D eigenvalue weighted by molar-refractivity contribution is -0.132. The number of carbonyl (C=O) groups excluding carboxylic acids is 2. The molecule has 0 fully saturated rings. The number of halogens is 1. The number of aromatic amines is 1. The molecule has 4 aromatic rings. The van der Waals surface area contributed by atoms with Crippen molar-refractivity contribution in [2.24, 2.45) is 5.92 Å². The average Bonchev–Trinajstić information content (AvgIpc) is 3.33. The van der Waals surface area contributed by atoms with Gasteiger partial charge in [-0.1, -0.05) is 50.2 Å². The number of amides is 2. The second-order valence-corrected chi connectivity index (χ2v) is 10.6. The minimum Gasteiger partial charge on any atom is -0.378 e. The highest BCUT2D eigenvalue weighted by Crippen LogP contribution is 2.20. The quantitative estimate of drug-likeness (QED) is 0.270. The van der Waals surface area contributed by atoms with E-state index in [1.807, 2.05) is 86.4 Å². The van der Waals surface area contributed by atoms with Gasteiger partial charge < -0.3 is 19.7 Å². The fourth-order valence-corrected chi connectivity index (χ4v) is 4.73. The summed E-state index contributed by atoms with van der Waals surface area (Å²) in [6.45, 7) is 5.25. The van der Waals surface area contributed by atoms with Gasteiger partial charge in [0.1, 0.15) is 12.4 Å². The molecule has 4 rings (SSSR count). The third-order valence-corrected chi connectivity index (χ3v) is 6.78. The van der Waals surface area contributed by atoms with Gasteiger partial charge in [-0.05, 0) is 59.9 Å². The van der Waals surface area contributed by atoms with Crippen LogP contribution in [0.3, 0.4) is 0 Å². The number of H-pyrrole nitrogens is 1. The molecule has 0 saturated heterocycles. The molecule has 1 aromatic heterocycles. The zero-order chi connectivity index (χ0) is 27.9. The molecule has 3 aromatic carbocycles. The Kier molecular flexibility index (Phi) is 9.02. The number of benzene rings is 3. The monoisotopic (exact) mass is 528 g/mol. The van der Waals surface area contributed by atoms with E-state index in [0.717, 1.165) is 27.7 Å². The minimum absolute atomic E-state index is 0.0722. The van der Waals surface area contributed by atoms with E-state index < -0.39 is 5.82 Å². The van der Waals surface area contributed by atoms with Crippen LogP contribution in [0.25, 0.3) is 10.9 Å². The summed E-state index contributed by atoms with van der Waals surface area (Å²) in [6.07, 6.45) is 2.67. The number of aromatic nitrogens is 1. The highest BCUT2D eigenvalue weighted by atomic mass is 19.1. The van der Waals surface area contributed by atoms with Crippen LogP contribution >= 0.6 is 0 Å². The fraction of sp³-hybridized carbons (Fsp3) is 0.312. The smallest absolute Gasteiger partial charge is 0.254 e. The molecule has 204 valence electrons. The third kappa shape index (κ3) is 7.25. The van der Waals surface area contributed by atoms with Gasteiger partial charge in [0, 0.05) is 62.1 Å². The van der Waals surface area contributed by atoms with Gasteiger partial charge in [-0.15, -0.1) is 0 Å². The summed E-state index contributed by atoms with van der Waals surface area (Å²) < 4.78 is 13.9. The molecule has 39 heavy (non-hydrogen) atoms. The minimum atomic E-state index is -0.474. The van der Waals surface area contributed by atoms with E-state index in [1.165, 1.54) is 23.1 Å². The van der Waals surface area contributed by atoms with Gasteiger partial charge in [0.2, 0.25) is 5.91 Å². The van der Waals surface area contributed by atoms with Crippen LogP contribution in [0, 0.1) is 11.7 Å². The van der Waals surface area contributed by atoms with E-state index in [2.05, 4.69) is 11.1 Å². The van der Waals surface area contributed by atoms with Crippen molar-refractivity contribution in [1.29, 1.82) is 0 Å². The van der Waals surface area contributed by atoms with Crippen molar-refractivity contribution in [1.82, 2.24) is 14.8 Å². The Balaban J connectivity index is 1.56. The summed E-state index contributed by atoms with van der Waals surface area (Å²) in [6, 6.07) is 21.9. The highest BCUT2D eigenvalue weighted by Gasteiger charge is 2.24. The number of carbonyl (C=O) groups is 2. The summed E-state index contributed by atoms with van der Waals surface area (Å²) in [5.74, 6) is -0.813. The predicted molar refractivity (Wildman–Crippen MR) is 155 cm³/mol. The Morgan fingerprint density at radius 1 is 0.923 bits per heavy atom. The van der Waals surface area contributed by atoms with Gasteiger partial charge >= 0.3 is 0 Å². The number of hydrogen-bond acceptors (Lipinski definition) is 3. The molecule has 0 spiro atoms. The van der Waals surface area contributed by atoms with Crippen LogP contribution in [0.2, 0.25) is 0 Å². The van der Waals surface area contributed by atoms with Crippen molar-refractivity contribution in [3.63, 3.8) is 0 Å². The van der Waals surface area contributed by atoms with Crippen molar-refractivity contribution >= 4 is 28.4 Å². The van der Waals surface area contributed by atoms with Crippen molar-refractivity contribution in [2.75, 3.05) is 38.6 Å². The zero-order valence-corrected chi connectivity index (χ0v) is 23.2. The Hall–Kier alpha value is -4.13. The van der Waals surface area contributed by atoms with Crippen LogP contribution in [0.15, 0.2) is 79.0 Å². The number of nitrogens with zero attached hydrogens (tertiary/aromatic N) is 3. The summed E-state index contributed by atoms with van der Waals surface area (Å²) in [5, 5.41) is 1.14. The third-order valence-electron chi connectivity index (χ3n) is 6.78. The first-order valence-electron chi connectivity index (χ1n) is 13.3. The molecule has 0 bridgehead atoms. The van der Waals surface area contributed by atoms with E-state index in [-0.39, 0.29) is 29.8 Å². The number of para-hydroxylation sites is 1. The zero-order valence-electron chi connectivity index (χ0n) is 23.2. The lowest BCUT2D eigenvalue weighted by atomic mass is 10.1. The number of rotatable bonds is 11. The maximum atomic E-state index is 13.9. The van der Waals surface area contributed by atoms with Gasteiger partial charge in [0.15, 0.2) is 0 Å². The van der Waals surface area contributed by atoms with Crippen molar-refractivity contribution in [3.8, 4) is 0 Å². The molecular weight excluding hydrogens is 491 g/mol. The number of hydrogen-bond donors (Lipinski definition) is 1. The van der Waals surface area contributed by atoms with Gasteiger partial charge in [-0.2, -0.15) is 0 Å². The molecule has 1 N–H and O–H groups in total. The number of fused-ring (bicyclic) bond motifs is 1. The summed E-state index contributed by atoms with van der Waals surface area (Å²) in [7, 11) is 3.98. The van der Waals surface area contributed by atoms with Crippen molar-refractivity contribution in [2.45, 2.75) is 26.8 Å². The van der Waals surface area contributed by atoms with E-state index in [1.54, 1.807) is 6.07 Å². The van der Waals surface area contributed by atoms with E-state index in [0.29, 0.717) is 26.1 Å². The van der Waals surface area contributed by atoms with Crippen LogP contribution in [0.4, 0.5) is 10.1 Å². The lowest BCUT2D eigenvalue weighted by Crippen LogP contribution is -2.44. The van der Waals surface area contributed by atoms with Crippen LogP contribution in [-0.4, -0.2) is 60.3 Å². The van der Waals surface area contributed by atoms with E-state index >= 15 is 0 Å². The highest BCUT2D eigenvalue weighted by molar-refractivity contribution is 5.96. The predicted octanol–water partition coefficient (Wildman–Crippen LogP) is 5.74. The van der Waals surface area contributed by atoms with Crippen molar-refractivity contribution in [3.05, 3.63) is 102 Å². The molecule has 1 heterocycles. The molecule has 0 radical (unpaired) electrons. The Labute approximate surface area is 230 Å². The SMILES string of the molecule is CC(C)CN(CC(=O)N(CCc1c[nH]c2ccccc12)Cc1ccc(N(C)C)cc1)C(=O)c1cccc(F)c1. The van der Waals surface area contributed by atoms with Gasteiger partial charge in [-0.3, -0.25) is 9.59 Å². The van der Waals surface area contributed by atoms with Gasteiger partial charge in [-0.25, -0.2) is 4.39 Å². The van der Waals surface area contributed by atoms with E-state index in [4.69, 9.17) is 0 Å². The van der Waals surface area contributed by atoms with Gasteiger partial charge in [0.05, 0.1) is 0 Å². The normalized spacial score (nSPS) is 11.1. The second kappa shape index (κ2) is 12.6. The standard InChI is InChI=1S/C32H37FN4O2/c1-23(2)20-37(32(39)25-8-7-9-27(33)18-25)22-31(38)36(21-24-12-14-28(15-13-24)35(3)4)17-16-26-19-34-30-11-6-5-10-29(26)30/h5-15,18-19,23,34H,16-17,20-22H2,1-4H3. The largest absolute Gasteiger partial charge is 0.378 e. The molecule has 7 heteroatoms. The van der Waals surface area contributed by atoms with Crippen LogP contribution in [0.5, 0.6) is 0 Å². The molecule has 0 aliphatic heterocycles. The molecule has 0 unspecified atom stereocenters. The Bertz CT molecular complexity index is 1410. The Morgan fingerprint density at radius 2 is 1.67 bits per heavy atom. The first-order valence-corrected chi connectivity index (χ1v) is 13.3. The molecular formula is C32H37FN4O2. The average molecular weight is 529 g/mol. The summed E-state index contributed by atoms with van der Waals surface area (Å²) in [5.41, 5.74) is 4.54. The molecule has 2 amide bonds. The number of anilines is 1. The molecule has 0 saturated carbocycles. The molecule has 0 aliphatic carbocycles. The second-order valence-electron chi connectivity index (χ2n) is 10.6. The lowest BCUT2D eigenvalue weighted by Gasteiger charge is -2.29. The molecule has 0 atom stereocenters. The Morgan fingerprint density at radius 3 is 2.36 bits per heavy atom. The molecule has 6 nitrogen and oxygen atoms in total. The van der Waals surface area contributed by atoms with Crippen LogP contribution in [-0.2, 0) is 17.8 Å². The first kappa shape index (κ1) is 27.9. The van der Waals surface area contributed by atoms with E-state index in [9.17, 15) is 14.0 Å². The van der Waals surface area contributed by atoms with Crippen molar-refractivity contribution < 1.29 is 14.0 Å². The fourth-order valence-electron chi connectivity index (χ4n) is 4.73. The van der Waals surface area contributed by atoms with Crippen LogP contribution < -0.4 is 4.90 Å². The summed E-state index contributed by atoms with van der Waals surface area (Å²) in [4.78, 5) is 35.8. The number of nitrogens with one attached hydrogen (secondary N) is 1. The maximum Gasteiger partial charge on any atom is 0.254 e. The molecule has 0 aliphatic rings. The van der Waals surface area contributed by atoms with Gasteiger partial charge in [0.25, 0.3) is 5.91 Å².